The monoisotopic (exact) mass is 285 g/mol. The molecule has 5 heteroatoms. The molecule has 0 aromatic carbocycles. The minimum atomic E-state index is -0.834. The predicted molar refractivity (Wildman–Crippen MR) is 82.1 cm³/mol. The summed E-state index contributed by atoms with van der Waals surface area (Å²) < 4.78 is 0. The fourth-order valence-electron chi connectivity index (χ4n) is 3.06. The number of likely N-dealkylation sites (N-methyl/N-ethyl adjacent to an activating group) is 1. The van der Waals surface area contributed by atoms with Crippen LogP contribution in [0.25, 0.3) is 0 Å². The van der Waals surface area contributed by atoms with Crippen LogP contribution >= 0.6 is 0 Å². The smallest absolute Gasteiger partial charge is 0.323 e. The maximum atomic E-state index is 11.5. The number of aliphatic carboxylic acids is 1. The van der Waals surface area contributed by atoms with Gasteiger partial charge in [-0.05, 0) is 60.7 Å². The Kier molecular flexibility index (Phi) is 6.43. The second-order valence-electron chi connectivity index (χ2n) is 6.78. The summed E-state index contributed by atoms with van der Waals surface area (Å²) in [6.07, 6.45) is 3.09. The number of likely N-dealkylation sites (tertiary alicyclic amines) is 1. The SMILES string of the molecule is CC(C)NC(C)(CCN1CCCC1CN(C)C)C(=O)O. The maximum Gasteiger partial charge on any atom is 0.323 e. The van der Waals surface area contributed by atoms with Gasteiger partial charge in [-0.3, -0.25) is 15.0 Å². The fraction of sp³-hybridized carbons (Fsp3) is 0.933. The molecule has 0 aromatic rings. The highest BCUT2D eigenvalue weighted by Crippen LogP contribution is 2.21. The van der Waals surface area contributed by atoms with Gasteiger partial charge < -0.3 is 10.0 Å². The van der Waals surface area contributed by atoms with Gasteiger partial charge >= 0.3 is 5.97 Å². The van der Waals surface area contributed by atoms with Crippen molar-refractivity contribution in [1.29, 1.82) is 0 Å². The number of rotatable bonds is 8. The van der Waals surface area contributed by atoms with Gasteiger partial charge in [0.15, 0.2) is 0 Å². The second kappa shape index (κ2) is 7.38. The van der Waals surface area contributed by atoms with Gasteiger partial charge in [0.2, 0.25) is 0 Å². The van der Waals surface area contributed by atoms with Crippen LogP contribution in [0.5, 0.6) is 0 Å². The fourth-order valence-corrected chi connectivity index (χ4v) is 3.06. The lowest BCUT2D eigenvalue weighted by Gasteiger charge is -2.33. The van der Waals surface area contributed by atoms with Crippen molar-refractivity contribution in [2.45, 2.75) is 57.7 Å². The molecule has 0 spiro atoms. The number of carbonyl (C=O) groups is 1. The molecule has 5 nitrogen and oxygen atoms in total. The van der Waals surface area contributed by atoms with Crippen molar-refractivity contribution < 1.29 is 9.90 Å². The average molecular weight is 285 g/mol. The van der Waals surface area contributed by atoms with Crippen LogP contribution in [0, 0.1) is 0 Å². The van der Waals surface area contributed by atoms with Crippen molar-refractivity contribution in [3.63, 3.8) is 0 Å². The van der Waals surface area contributed by atoms with Gasteiger partial charge in [-0.25, -0.2) is 0 Å². The van der Waals surface area contributed by atoms with Crippen molar-refractivity contribution in [3.8, 4) is 0 Å². The van der Waals surface area contributed by atoms with E-state index >= 15 is 0 Å². The third-order valence-electron chi connectivity index (χ3n) is 4.05. The molecule has 1 rings (SSSR count). The summed E-state index contributed by atoms with van der Waals surface area (Å²) in [6.45, 7) is 8.78. The molecular formula is C15H31N3O2. The summed E-state index contributed by atoms with van der Waals surface area (Å²) in [5.74, 6) is -0.755. The van der Waals surface area contributed by atoms with Crippen LogP contribution in [0.4, 0.5) is 0 Å². The third-order valence-corrected chi connectivity index (χ3v) is 4.05. The van der Waals surface area contributed by atoms with Gasteiger partial charge in [-0.1, -0.05) is 0 Å². The summed E-state index contributed by atoms with van der Waals surface area (Å²) >= 11 is 0. The molecule has 2 N–H and O–H groups in total. The van der Waals surface area contributed by atoms with E-state index in [-0.39, 0.29) is 6.04 Å². The van der Waals surface area contributed by atoms with Crippen LogP contribution in [0.3, 0.4) is 0 Å². The molecule has 1 aliphatic heterocycles. The zero-order valence-corrected chi connectivity index (χ0v) is 13.6. The zero-order valence-electron chi connectivity index (χ0n) is 13.6. The molecule has 118 valence electrons. The van der Waals surface area contributed by atoms with Gasteiger partial charge in [0, 0.05) is 25.2 Å². The summed E-state index contributed by atoms with van der Waals surface area (Å²) in [7, 11) is 4.19. The van der Waals surface area contributed by atoms with Crippen LogP contribution in [-0.2, 0) is 4.79 Å². The van der Waals surface area contributed by atoms with E-state index in [1.165, 1.54) is 12.8 Å². The highest BCUT2D eigenvalue weighted by atomic mass is 16.4. The van der Waals surface area contributed by atoms with E-state index in [4.69, 9.17) is 0 Å². The van der Waals surface area contributed by atoms with Crippen molar-refractivity contribution >= 4 is 5.97 Å². The van der Waals surface area contributed by atoms with Crippen LogP contribution < -0.4 is 5.32 Å². The first-order valence-corrected chi connectivity index (χ1v) is 7.64. The Morgan fingerprint density at radius 1 is 1.50 bits per heavy atom. The van der Waals surface area contributed by atoms with Crippen molar-refractivity contribution in [2.24, 2.45) is 0 Å². The Morgan fingerprint density at radius 2 is 2.15 bits per heavy atom. The van der Waals surface area contributed by atoms with Gasteiger partial charge in [-0.15, -0.1) is 0 Å². The molecule has 0 bridgehead atoms. The summed E-state index contributed by atoms with van der Waals surface area (Å²) in [5, 5.41) is 12.7. The molecule has 0 saturated carbocycles. The van der Waals surface area contributed by atoms with E-state index in [0.29, 0.717) is 12.5 Å². The van der Waals surface area contributed by atoms with Crippen molar-refractivity contribution in [2.75, 3.05) is 33.7 Å². The second-order valence-corrected chi connectivity index (χ2v) is 6.78. The van der Waals surface area contributed by atoms with Crippen LogP contribution in [-0.4, -0.2) is 72.2 Å². The van der Waals surface area contributed by atoms with Gasteiger partial charge in [-0.2, -0.15) is 0 Å². The Morgan fingerprint density at radius 3 is 2.65 bits per heavy atom. The number of carboxylic acids is 1. The molecule has 1 aliphatic rings. The lowest BCUT2D eigenvalue weighted by atomic mass is 9.96. The molecule has 0 radical (unpaired) electrons. The minimum absolute atomic E-state index is 0.173. The number of hydrogen-bond donors (Lipinski definition) is 2. The zero-order chi connectivity index (χ0) is 15.3. The quantitative estimate of drug-likeness (QED) is 0.703. The van der Waals surface area contributed by atoms with E-state index in [2.05, 4.69) is 29.2 Å². The third kappa shape index (κ3) is 5.04. The van der Waals surface area contributed by atoms with Gasteiger partial charge in [0.05, 0.1) is 0 Å². The number of nitrogens with zero attached hydrogens (tertiary/aromatic N) is 2. The van der Waals surface area contributed by atoms with E-state index in [1.807, 2.05) is 13.8 Å². The molecule has 1 saturated heterocycles. The highest BCUT2D eigenvalue weighted by Gasteiger charge is 2.35. The Balaban J connectivity index is 2.56. The minimum Gasteiger partial charge on any atom is -0.480 e. The van der Waals surface area contributed by atoms with Crippen molar-refractivity contribution in [3.05, 3.63) is 0 Å². The lowest BCUT2D eigenvalue weighted by Crippen LogP contribution is -2.54. The Labute approximate surface area is 123 Å². The van der Waals surface area contributed by atoms with Gasteiger partial charge in [0.1, 0.15) is 5.54 Å². The molecular weight excluding hydrogens is 254 g/mol. The molecule has 2 unspecified atom stereocenters. The molecule has 0 aliphatic carbocycles. The molecule has 1 heterocycles. The van der Waals surface area contributed by atoms with Crippen LogP contribution in [0.15, 0.2) is 0 Å². The summed E-state index contributed by atoms with van der Waals surface area (Å²) in [6, 6.07) is 0.745. The molecule has 1 fully saturated rings. The van der Waals surface area contributed by atoms with E-state index in [9.17, 15) is 9.90 Å². The van der Waals surface area contributed by atoms with E-state index in [1.54, 1.807) is 6.92 Å². The predicted octanol–water partition coefficient (Wildman–Crippen LogP) is 1.24. The van der Waals surface area contributed by atoms with Gasteiger partial charge in [0.25, 0.3) is 0 Å². The van der Waals surface area contributed by atoms with Crippen LogP contribution in [0.1, 0.15) is 40.0 Å². The number of nitrogens with one attached hydrogen (secondary N) is 1. The first kappa shape index (κ1) is 17.4. The largest absolute Gasteiger partial charge is 0.480 e. The summed E-state index contributed by atoms with van der Waals surface area (Å²) in [4.78, 5) is 16.2. The molecule has 0 amide bonds. The number of hydrogen-bond acceptors (Lipinski definition) is 4. The first-order chi connectivity index (χ1) is 9.24. The molecule has 20 heavy (non-hydrogen) atoms. The average Bonchev–Trinajstić information content (AvgIpc) is 2.72. The van der Waals surface area contributed by atoms with E-state index in [0.717, 1.165) is 19.6 Å². The molecule has 2 atom stereocenters. The first-order valence-electron chi connectivity index (χ1n) is 7.64. The highest BCUT2D eigenvalue weighted by molar-refractivity contribution is 5.78. The standard InChI is InChI=1S/C15H31N3O2/c1-12(2)16-15(3,14(19)20)8-10-18-9-6-7-13(18)11-17(4)5/h12-13,16H,6-11H2,1-5H3,(H,19,20). The van der Waals surface area contributed by atoms with Crippen molar-refractivity contribution in [1.82, 2.24) is 15.1 Å². The number of carboxylic acid groups (broad SMARTS) is 1. The Bertz CT molecular complexity index is 320. The van der Waals surface area contributed by atoms with E-state index < -0.39 is 11.5 Å². The van der Waals surface area contributed by atoms with Crippen LogP contribution in [0.2, 0.25) is 0 Å². The topological polar surface area (TPSA) is 55.8 Å². The molecule has 0 aromatic heterocycles. The lowest BCUT2D eigenvalue weighted by molar-refractivity contribution is -0.145. The maximum absolute atomic E-state index is 11.5. The Hall–Kier alpha value is -0.650. The summed E-state index contributed by atoms with van der Waals surface area (Å²) in [5.41, 5.74) is -0.834. The normalized spacial score (nSPS) is 23.4.